The van der Waals surface area contributed by atoms with Gasteiger partial charge in [0, 0.05) is 11.1 Å². The van der Waals surface area contributed by atoms with Crippen LogP contribution in [0.2, 0.25) is 0 Å². The number of methoxy groups -OCH3 is 1. The van der Waals surface area contributed by atoms with Crippen molar-refractivity contribution in [3.05, 3.63) is 107 Å². The first-order valence-electron chi connectivity index (χ1n) is 10.0. The fourth-order valence-electron chi connectivity index (χ4n) is 3.95. The zero-order valence-electron chi connectivity index (χ0n) is 17.2. The molecular weight excluding hydrogens is 422 g/mol. The molecule has 0 unspecified atom stereocenters. The van der Waals surface area contributed by atoms with Gasteiger partial charge in [0.05, 0.1) is 17.5 Å². The minimum Gasteiger partial charge on any atom is -0.497 e. The summed E-state index contributed by atoms with van der Waals surface area (Å²) in [4.78, 5) is 13.5. The topological polar surface area (TPSA) is 65.4 Å². The number of aromatic nitrogens is 1. The van der Waals surface area contributed by atoms with Crippen LogP contribution in [0, 0.1) is 0 Å². The maximum absolute atomic E-state index is 13.6. The maximum atomic E-state index is 13.6. The van der Waals surface area contributed by atoms with Crippen LogP contribution in [0.4, 0.5) is 0 Å². The van der Waals surface area contributed by atoms with Gasteiger partial charge in [-0.3, -0.25) is 9.36 Å². The lowest BCUT2D eigenvalue weighted by molar-refractivity contribution is 0.414. The van der Waals surface area contributed by atoms with E-state index in [1.807, 2.05) is 36.4 Å². The van der Waals surface area contributed by atoms with Crippen LogP contribution in [0.15, 0.2) is 112 Å². The molecule has 0 amide bonds. The van der Waals surface area contributed by atoms with E-state index in [1.165, 1.54) is 22.8 Å². The third-order valence-electron chi connectivity index (χ3n) is 5.55. The molecule has 1 heterocycles. The van der Waals surface area contributed by atoms with E-state index < -0.39 is 15.4 Å². The molecule has 1 aromatic heterocycles. The molecule has 0 N–H and O–H groups in total. The van der Waals surface area contributed by atoms with Crippen molar-refractivity contribution < 1.29 is 13.2 Å². The molecule has 6 heteroatoms. The van der Waals surface area contributed by atoms with Gasteiger partial charge in [-0.25, -0.2) is 8.42 Å². The molecule has 0 saturated carbocycles. The van der Waals surface area contributed by atoms with Crippen molar-refractivity contribution in [3.8, 4) is 11.4 Å². The minimum atomic E-state index is -4.03. The zero-order chi connectivity index (χ0) is 22.3. The third kappa shape index (κ3) is 3.16. The summed E-state index contributed by atoms with van der Waals surface area (Å²) in [7, 11) is -2.47. The summed E-state index contributed by atoms with van der Waals surface area (Å²) in [6.07, 6.45) is 0. The maximum Gasteiger partial charge on any atom is 0.274 e. The predicted molar refractivity (Wildman–Crippen MR) is 125 cm³/mol. The lowest BCUT2D eigenvalue weighted by Crippen LogP contribution is -2.25. The Labute approximate surface area is 185 Å². The van der Waals surface area contributed by atoms with E-state index in [0.29, 0.717) is 22.3 Å². The summed E-state index contributed by atoms with van der Waals surface area (Å²) in [5, 5.41) is 2.52. The number of benzene rings is 4. The Hall–Kier alpha value is -3.90. The van der Waals surface area contributed by atoms with Crippen LogP contribution >= 0.6 is 0 Å². The van der Waals surface area contributed by atoms with Gasteiger partial charge in [-0.1, -0.05) is 48.5 Å². The minimum absolute atomic E-state index is 0.0815. The Kier molecular flexibility index (Phi) is 4.79. The van der Waals surface area contributed by atoms with Crippen LogP contribution in [0.3, 0.4) is 0 Å². The van der Waals surface area contributed by atoms with Gasteiger partial charge < -0.3 is 4.74 Å². The van der Waals surface area contributed by atoms with Crippen molar-refractivity contribution in [3.63, 3.8) is 0 Å². The Morgan fingerprint density at radius 1 is 0.750 bits per heavy atom. The molecule has 0 fully saturated rings. The van der Waals surface area contributed by atoms with Crippen LogP contribution in [-0.2, 0) is 9.84 Å². The van der Waals surface area contributed by atoms with E-state index in [0.717, 1.165) is 10.8 Å². The second kappa shape index (κ2) is 7.66. The molecule has 4 aromatic carbocycles. The number of hydrogen-bond donors (Lipinski definition) is 0. The quantitative estimate of drug-likeness (QED) is 0.369. The Morgan fingerprint density at radius 3 is 2.16 bits per heavy atom. The lowest BCUT2D eigenvalue weighted by Gasteiger charge is -2.15. The van der Waals surface area contributed by atoms with Crippen molar-refractivity contribution in [2.45, 2.75) is 9.79 Å². The summed E-state index contributed by atoms with van der Waals surface area (Å²) < 4.78 is 33.7. The monoisotopic (exact) mass is 441 g/mol. The highest BCUT2D eigenvalue weighted by molar-refractivity contribution is 7.91. The van der Waals surface area contributed by atoms with Gasteiger partial charge in [0.15, 0.2) is 0 Å². The molecule has 5 aromatic rings. The molecule has 0 atom stereocenters. The summed E-state index contributed by atoms with van der Waals surface area (Å²) in [6.45, 7) is 0. The average Bonchev–Trinajstić information content (AvgIpc) is 2.84. The predicted octanol–water partition coefficient (Wildman–Crippen LogP) is 4.99. The second-order valence-electron chi connectivity index (χ2n) is 7.38. The first-order chi connectivity index (χ1) is 15.5. The molecule has 0 aliphatic rings. The van der Waals surface area contributed by atoms with Gasteiger partial charge in [-0.2, -0.15) is 0 Å². The summed E-state index contributed by atoms with van der Waals surface area (Å²) in [5.74, 6) is 0.643. The van der Waals surface area contributed by atoms with Crippen LogP contribution in [0.5, 0.6) is 5.75 Å². The average molecular weight is 442 g/mol. The van der Waals surface area contributed by atoms with E-state index in [4.69, 9.17) is 4.74 Å². The van der Waals surface area contributed by atoms with Crippen LogP contribution in [-0.4, -0.2) is 20.1 Å². The molecule has 158 valence electrons. The van der Waals surface area contributed by atoms with Crippen molar-refractivity contribution in [2.75, 3.05) is 7.11 Å². The van der Waals surface area contributed by atoms with Crippen molar-refractivity contribution in [1.82, 2.24) is 4.57 Å². The van der Waals surface area contributed by atoms with Gasteiger partial charge in [0.25, 0.3) is 5.56 Å². The van der Waals surface area contributed by atoms with Gasteiger partial charge >= 0.3 is 0 Å². The largest absolute Gasteiger partial charge is 0.497 e. The highest BCUT2D eigenvalue weighted by Gasteiger charge is 2.25. The number of pyridine rings is 1. The fraction of sp³-hybridized carbons (Fsp3) is 0.0385. The normalized spacial score (nSPS) is 11.7. The smallest absolute Gasteiger partial charge is 0.274 e. The van der Waals surface area contributed by atoms with Crippen LogP contribution < -0.4 is 10.3 Å². The van der Waals surface area contributed by atoms with Gasteiger partial charge in [0.2, 0.25) is 9.84 Å². The van der Waals surface area contributed by atoms with Crippen molar-refractivity contribution in [2.24, 2.45) is 0 Å². The molecule has 32 heavy (non-hydrogen) atoms. The van der Waals surface area contributed by atoms with Gasteiger partial charge in [-0.05, 0) is 59.3 Å². The molecule has 0 aliphatic heterocycles. The molecule has 5 rings (SSSR count). The Bertz CT molecular complexity index is 1620. The Balaban J connectivity index is 1.92. The molecule has 0 radical (unpaired) electrons. The fourth-order valence-corrected chi connectivity index (χ4v) is 5.31. The second-order valence-corrected chi connectivity index (χ2v) is 9.30. The first kappa shape index (κ1) is 20.0. The van der Waals surface area contributed by atoms with Gasteiger partial charge in [-0.15, -0.1) is 0 Å². The zero-order valence-corrected chi connectivity index (χ0v) is 18.0. The van der Waals surface area contributed by atoms with E-state index >= 15 is 0 Å². The van der Waals surface area contributed by atoms with E-state index in [1.54, 1.807) is 49.6 Å². The number of ether oxygens (including phenoxy) is 1. The molecule has 0 aliphatic carbocycles. The van der Waals surface area contributed by atoms with E-state index in [-0.39, 0.29) is 9.79 Å². The number of rotatable bonds is 4. The lowest BCUT2D eigenvalue weighted by atomic mass is 10.0. The van der Waals surface area contributed by atoms with Crippen molar-refractivity contribution >= 4 is 31.5 Å². The summed E-state index contributed by atoms with van der Waals surface area (Å²) in [6, 6.07) is 28.0. The standard InChI is InChI=1S/C26H19NO4S/c1-31-20-14-12-19(13-15-20)27-24-16-11-18-7-5-6-10-22(18)23(24)17-25(26(27)28)32(29,30)21-8-3-2-4-9-21/h2-17H,1H3. The van der Waals surface area contributed by atoms with Crippen LogP contribution in [0.1, 0.15) is 0 Å². The third-order valence-corrected chi connectivity index (χ3v) is 7.32. The number of fused-ring (bicyclic) bond motifs is 3. The number of hydrogen-bond acceptors (Lipinski definition) is 4. The van der Waals surface area contributed by atoms with Crippen molar-refractivity contribution in [1.29, 1.82) is 0 Å². The molecule has 5 nitrogen and oxygen atoms in total. The van der Waals surface area contributed by atoms with Gasteiger partial charge in [0.1, 0.15) is 10.6 Å². The Morgan fingerprint density at radius 2 is 1.44 bits per heavy atom. The molecule has 0 spiro atoms. The highest BCUT2D eigenvalue weighted by atomic mass is 32.2. The summed E-state index contributed by atoms with van der Waals surface area (Å²) in [5.41, 5.74) is 0.592. The van der Waals surface area contributed by atoms with E-state index in [2.05, 4.69) is 0 Å². The number of sulfone groups is 1. The highest BCUT2D eigenvalue weighted by Crippen LogP contribution is 2.30. The molecule has 0 bridgehead atoms. The molecule has 0 saturated heterocycles. The summed E-state index contributed by atoms with van der Waals surface area (Å²) >= 11 is 0. The van der Waals surface area contributed by atoms with E-state index in [9.17, 15) is 13.2 Å². The number of nitrogens with zero attached hydrogens (tertiary/aromatic N) is 1. The first-order valence-corrected chi connectivity index (χ1v) is 11.5. The van der Waals surface area contributed by atoms with Crippen LogP contribution in [0.25, 0.3) is 27.4 Å². The SMILES string of the molecule is COc1ccc(-n2c(=O)c(S(=O)(=O)c3ccccc3)cc3c4ccccc4ccc32)cc1. The molecular formula is C26H19NO4S.